The minimum Gasteiger partial charge on any atom is -0.394 e. The molecule has 1 heterocycles. The zero-order valence-electron chi connectivity index (χ0n) is 12.3. The van der Waals surface area contributed by atoms with Crippen LogP contribution in [0.2, 0.25) is 0 Å². The number of halogens is 1. The van der Waals surface area contributed by atoms with Crippen LogP contribution in [-0.2, 0) is 0 Å². The monoisotopic (exact) mass is 276 g/mol. The van der Waals surface area contributed by atoms with Crippen molar-refractivity contribution in [2.75, 3.05) is 11.1 Å². The number of anilines is 2. The second-order valence-corrected chi connectivity index (χ2v) is 5.31. The van der Waals surface area contributed by atoms with E-state index in [-0.39, 0.29) is 17.9 Å². The lowest BCUT2D eigenvalue weighted by Crippen LogP contribution is -2.14. The molecule has 0 fully saturated rings. The molecule has 0 saturated carbocycles. The van der Waals surface area contributed by atoms with E-state index < -0.39 is 0 Å². The van der Waals surface area contributed by atoms with Gasteiger partial charge in [-0.25, -0.2) is 9.07 Å². The molecule has 1 aromatic carbocycles. The number of rotatable bonds is 4. The second kappa shape index (κ2) is 5.53. The van der Waals surface area contributed by atoms with E-state index in [9.17, 15) is 4.39 Å². The van der Waals surface area contributed by atoms with Gasteiger partial charge in [0.1, 0.15) is 11.6 Å². The smallest absolute Gasteiger partial charge is 0.148 e. The number of aromatic nitrogens is 2. The van der Waals surface area contributed by atoms with E-state index in [1.54, 1.807) is 6.07 Å². The third kappa shape index (κ3) is 2.76. The van der Waals surface area contributed by atoms with Gasteiger partial charge in [-0.05, 0) is 45.4 Å². The molecule has 0 saturated heterocycles. The Bertz CT molecular complexity index is 604. The third-order valence-electron chi connectivity index (χ3n) is 3.32. The van der Waals surface area contributed by atoms with Gasteiger partial charge in [0.05, 0.1) is 17.4 Å². The Labute approximate surface area is 118 Å². The first-order valence-corrected chi connectivity index (χ1v) is 6.76. The quantitative estimate of drug-likeness (QED) is 0.896. The van der Waals surface area contributed by atoms with Crippen LogP contribution in [0.5, 0.6) is 0 Å². The summed E-state index contributed by atoms with van der Waals surface area (Å²) in [7, 11) is 0. The van der Waals surface area contributed by atoms with Gasteiger partial charge in [0.2, 0.25) is 0 Å². The van der Waals surface area contributed by atoms with Gasteiger partial charge in [-0.2, -0.15) is 5.10 Å². The lowest BCUT2D eigenvalue weighted by Gasteiger charge is -2.19. The van der Waals surface area contributed by atoms with Gasteiger partial charge in [-0.15, -0.1) is 0 Å². The minimum atomic E-state index is -0.238. The van der Waals surface area contributed by atoms with Crippen LogP contribution in [0, 0.1) is 12.7 Å². The fourth-order valence-electron chi connectivity index (χ4n) is 2.14. The molecule has 0 spiro atoms. The Balaban J connectivity index is 2.30. The molecule has 5 heteroatoms. The Kier molecular flexibility index (Phi) is 3.97. The number of hydrogen-bond donors (Lipinski definition) is 2. The summed E-state index contributed by atoms with van der Waals surface area (Å²) in [5.41, 5.74) is 8.39. The molecule has 3 N–H and O–H groups in total. The lowest BCUT2D eigenvalue weighted by molar-refractivity contribution is 0.532. The average molecular weight is 276 g/mol. The van der Waals surface area contributed by atoms with Crippen LogP contribution in [0.1, 0.15) is 44.1 Å². The van der Waals surface area contributed by atoms with Gasteiger partial charge in [0.15, 0.2) is 0 Å². The number of nitrogens with one attached hydrogen (secondary N) is 1. The van der Waals surface area contributed by atoms with E-state index in [1.165, 1.54) is 12.1 Å². The molecule has 2 rings (SSSR count). The number of nitrogen functional groups attached to an aromatic ring is 1. The van der Waals surface area contributed by atoms with Crippen molar-refractivity contribution in [1.82, 2.24) is 9.78 Å². The number of benzene rings is 1. The van der Waals surface area contributed by atoms with Gasteiger partial charge in [-0.1, -0.05) is 12.1 Å². The van der Waals surface area contributed by atoms with Gasteiger partial charge < -0.3 is 11.1 Å². The number of nitrogens with two attached hydrogens (primary N) is 1. The molecule has 0 bridgehead atoms. The highest BCUT2D eigenvalue weighted by Crippen LogP contribution is 2.29. The van der Waals surface area contributed by atoms with Crippen molar-refractivity contribution in [3.8, 4) is 0 Å². The van der Waals surface area contributed by atoms with Crippen molar-refractivity contribution in [3.05, 3.63) is 41.3 Å². The molecule has 1 unspecified atom stereocenters. The van der Waals surface area contributed by atoms with Crippen molar-refractivity contribution in [1.29, 1.82) is 0 Å². The first-order chi connectivity index (χ1) is 9.40. The summed E-state index contributed by atoms with van der Waals surface area (Å²) >= 11 is 0. The summed E-state index contributed by atoms with van der Waals surface area (Å²) in [6.45, 7) is 7.95. The maximum absolute atomic E-state index is 13.3. The average Bonchev–Trinajstić information content (AvgIpc) is 2.67. The summed E-state index contributed by atoms with van der Waals surface area (Å²) < 4.78 is 15.1. The number of hydrogen-bond acceptors (Lipinski definition) is 3. The molecule has 0 aliphatic heterocycles. The Morgan fingerprint density at radius 1 is 1.30 bits per heavy atom. The van der Waals surface area contributed by atoms with Gasteiger partial charge >= 0.3 is 0 Å². The standard InChI is InChI=1S/C15H21FN4/c1-9(2)20-15(14(17)11(4)19-20)18-10(3)12-6-5-7-13(16)8-12/h5-10,18H,17H2,1-4H3. The van der Waals surface area contributed by atoms with Crippen LogP contribution in [0.3, 0.4) is 0 Å². The molecule has 1 atom stereocenters. The third-order valence-corrected chi connectivity index (χ3v) is 3.32. The zero-order valence-corrected chi connectivity index (χ0v) is 12.3. The maximum atomic E-state index is 13.3. The molecular formula is C15H21FN4. The largest absolute Gasteiger partial charge is 0.394 e. The van der Waals surface area contributed by atoms with Crippen molar-refractivity contribution in [2.24, 2.45) is 0 Å². The van der Waals surface area contributed by atoms with Gasteiger partial charge in [0.25, 0.3) is 0 Å². The Morgan fingerprint density at radius 2 is 2.00 bits per heavy atom. The lowest BCUT2D eigenvalue weighted by atomic mass is 10.1. The first kappa shape index (κ1) is 14.4. The predicted octanol–water partition coefficient (Wildman–Crippen LogP) is 3.67. The van der Waals surface area contributed by atoms with Crippen LogP contribution < -0.4 is 11.1 Å². The van der Waals surface area contributed by atoms with Crippen LogP contribution in [0.4, 0.5) is 15.9 Å². The number of aryl methyl sites for hydroxylation is 1. The summed E-state index contributed by atoms with van der Waals surface area (Å²) in [6.07, 6.45) is 0. The van der Waals surface area contributed by atoms with E-state index >= 15 is 0 Å². The molecule has 0 aliphatic carbocycles. The molecule has 108 valence electrons. The second-order valence-electron chi connectivity index (χ2n) is 5.31. The SMILES string of the molecule is Cc1nn(C(C)C)c(NC(C)c2cccc(F)c2)c1N. The van der Waals surface area contributed by atoms with Crippen molar-refractivity contribution < 1.29 is 4.39 Å². The van der Waals surface area contributed by atoms with Gasteiger partial charge in [-0.3, -0.25) is 0 Å². The van der Waals surface area contributed by atoms with E-state index in [1.807, 2.05) is 38.4 Å². The zero-order chi connectivity index (χ0) is 14.9. The highest BCUT2D eigenvalue weighted by molar-refractivity contribution is 5.65. The van der Waals surface area contributed by atoms with E-state index in [4.69, 9.17) is 5.73 Å². The maximum Gasteiger partial charge on any atom is 0.148 e. The van der Waals surface area contributed by atoms with Crippen molar-refractivity contribution in [2.45, 2.75) is 39.8 Å². The molecule has 0 aliphatic rings. The molecule has 4 nitrogen and oxygen atoms in total. The fourth-order valence-corrected chi connectivity index (χ4v) is 2.14. The van der Waals surface area contributed by atoms with Crippen LogP contribution in [0.15, 0.2) is 24.3 Å². The normalized spacial score (nSPS) is 12.7. The molecule has 20 heavy (non-hydrogen) atoms. The van der Waals surface area contributed by atoms with Crippen LogP contribution in [0.25, 0.3) is 0 Å². The number of nitrogens with zero attached hydrogens (tertiary/aromatic N) is 2. The van der Waals surface area contributed by atoms with Gasteiger partial charge in [0, 0.05) is 6.04 Å². The predicted molar refractivity (Wildman–Crippen MR) is 80.2 cm³/mol. The molecule has 1 aromatic heterocycles. The summed E-state index contributed by atoms with van der Waals surface area (Å²) in [5, 5.41) is 7.76. The van der Waals surface area contributed by atoms with Crippen LogP contribution in [-0.4, -0.2) is 9.78 Å². The fraction of sp³-hybridized carbons (Fsp3) is 0.400. The summed E-state index contributed by atoms with van der Waals surface area (Å²) in [4.78, 5) is 0. The minimum absolute atomic E-state index is 0.0541. The van der Waals surface area contributed by atoms with E-state index in [0.717, 1.165) is 17.1 Å². The molecule has 2 aromatic rings. The molecule has 0 radical (unpaired) electrons. The highest BCUT2D eigenvalue weighted by Gasteiger charge is 2.17. The summed E-state index contributed by atoms with van der Waals surface area (Å²) in [6, 6.07) is 6.70. The van der Waals surface area contributed by atoms with Crippen molar-refractivity contribution in [3.63, 3.8) is 0 Å². The highest BCUT2D eigenvalue weighted by atomic mass is 19.1. The van der Waals surface area contributed by atoms with Crippen LogP contribution >= 0.6 is 0 Å². The molecular weight excluding hydrogens is 255 g/mol. The molecule has 0 amide bonds. The Hall–Kier alpha value is -2.04. The van der Waals surface area contributed by atoms with E-state index in [0.29, 0.717) is 5.69 Å². The summed E-state index contributed by atoms with van der Waals surface area (Å²) in [5.74, 6) is 0.548. The van der Waals surface area contributed by atoms with E-state index in [2.05, 4.69) is 10.4 Å². The topological polar surface area (TPSA) is 55.9 Å². The Morgan fingerprint density at radius 3 is 2.60 bits per heavy atom. The first-order valence-electron chi connectivity index (χ1n) is 6.76. The van der Waals surface area contributed by atoms with Crippen molar-refractivity contribution >= 4 is 11.5 Å².